The number of hydrogen-bond acceptors (Lipinski definition) is 0. The molecule has 128 valence electrons. The predicted octanol–water partition coefficient (Wildman–Crippen LogP) is 7.61. The highest BCUT2D eigenvalue weighted by Crippen LogP contribution is 2.46. The molecule has 1 rings (SSSR count). The minimum absolute atomic E-state index is 0.126. The van der Waals surface area contributed by atoms with Gasteiger partial charge in [0.15, 0.2) is 0 Å². The minimum Gasteiger partial charge on any atom is -0.0651 e. The van der Waals surface area contributed by atoms with Crippen LogP contribution in [0.3, 0.4) is 0 Å². The predicted molar refractivity (Wildman–Crippen MR) is 102 cm³/mol. The van der Waals surface area contributed by atoms with Gasteiger partial charge in [-0.1, -0.05) is 128 Å². The zero-order valence-corrected chi connectivity index (χ0v) is 15.7. The third-order valence-corrected chi connectivity index (χ3v) is 6.08. The zero-order chi connectivity index (χ0) is 16.1. The molecule has 1 aliphatic rings. The van der Waals surface area contributed by atoms with Crippen LogP contribution in [-0.2, 0) is 0 Å². The van der Waals surface area contributed by atoms with Crippen molar-refractivity contribution >= 4 is 7.85 Å². The monoisotopic (exact) mass is 304 g/mol. The largest absolute Gasteiger partial charge is 0.0750 e. The molecule has 0 aromatic heterocycles. The molecule has 1 heteroatoms. The molecule has 0 amide bonds. The molecular formula is C21H41B. The summed E-state index contributed by atoms with van der Waals surface area (Å²) in [5.74, 6) is 0.728. The first-order chi connectivity index (χ1) is 10.7. The van der Waals surface area contributed by atoms with Crippen molar-refractivity contribution < 1.29 is 0 Å². The van der Waals surface area contributed by atoms with Crippen LogP contribution in [0.1, 0.15) is 123 Å². The third kappa shape index (κ3) is 8.07. The van der Waals surface area contributed by atoms with E-state index in [2.05, 4.69) is 13.8 Å². The molecule has 0 aliphatic heterocycles. The normalized spacial score (nSPS) is 23.4. The second-order valence-corrected chi connectivity index (χ2v) is 7.84. The van der Waals surface area contributed by atoms with Crippen molar-refractivity contribution in [2.24, 2.45) is 5.92 Å². The molecule has 0 aromatic carbocycles. The van der Waals surface area contributed by atoms with E-state index in [-0.39, 0.29) is 5.31 Å². The lowest BCUT2D eigenvalue weighted by molar-refractivity contribution is 0.282. The standard InChI is InChI=1S/C21H41B/c1-3-20(4-2)21(22)18-16-14-12-10-8-6-5-7-9-11-13-15-17-19-21/h20H,3-19H2,1-2H3. The van der Waals surface area contributed by atoms with Gasteiger partial charge in [0.05, 0.1) is 7.85 Å². The highest BCUT2D eigenvalue weighted by Gasteiger charge is 2.30. The molecule has 0 unspecified atom stereocenters. The van der Waals surface area contributed by atoms with E-state index in [1.54, 1.807) is 0 Å². The Kier molecular flexibility index (Phi) is 11.4. The van der Waals surface area contributed by atoms with Crippen molar-refractivity contribution in [1.29, 1.82) is 0 Å². The van der Waals surface area contributed by atoms with Gasteiger partial charge in [0.1, 0.15) is 0 Å². The summed E-state index contributed by atoms with van der Waals surface area (Å²) in [5, 5.41) is 0.126. The van der Waals surface area contributed by atoms with Crippen LogP contribution in [0.4, 0.5) is 0 Å². The van der Waals surface area contributed by atoms with E-state index in [4.69, 9.17) is 7.85 Å². The average molecular weight is 304 g/mol. The van der Waals surface area contributed by atoms with Crippen molar-refractivity contribution in [3.8, 4) is 0 Å². The van der Waals surface area contributed by atoms with Crippen LogP contribution in [0.5, 0.6) is 0 Å². The lowest BCUT2D eigenvalue weighted by Crippen LogP contribution is -2.23. The second-order valence-electron chi connectivity index (χ2n) is 7.84. The summed E-state index contributed by atoms with van der Waals surface area (Å²) >= 11 is 0. The molecular weight excluding hydrogens is 263 g/mol. The smallest absolute Gasteiger partial charge is 0.0651 e. The Labute approximate surface area is 142 Å². The fourth-order valence-electron chi connectivity index (χ4n) is 4.49. The quantitative estimate of drug-likeness (QED) is 0.470. The maximum atomic E-state index is 6.93. The molecule has 0 N–H and O–H groups in total. The van der Waals surface area contributed by atoms with Crippen molar-refractivity contribution in [2.75, 3.05) is 0 Å². The van der Waals surface area contributed by atoms with Crippen LogP contribution >= 0.6 is 0 Å². The zero-order valence-electron chi connectivity index (χ0n) is 15.7. The molecule has 0 atom stereocenters. The number of hydrogen-bond donors (Lipinski definition) is 0. The summed E-state index contributed by atoms with van der Waals surface area (Å²) < 4.78 is 0. The van der Waals surface area contributed by atoms with Crippen LogP contribution in [0.2, 0.25) is 5.31 Å². The van der Waals surface area contributed by atoms with Crippen LogP contribution in [-0.4, -0.2) is 7.85 Å². The molecule has 1 fully saturated rings. The SMILES string of the molecule is [B]C1(C(CC)CC)CCCCCCCCCCCCCCC1. The molecule has 1 aliphatic carbocycles. The molecule has 0 saturated heterocycles. The molecule has 0 nitrogen and oxygen atoms in total. The maximum absolute atomic E-state index is 6.93. The second kappa shape index (κ2) is 12.5. The highest BCUT2D eigenvalue weighted by molar-refractivity contribution is 6.15. The summed E-state index contributed by atoms with van der Waals surface area (Å²) in [7, 11) is 6.93. The van der Waals surface area contributed by atoms with Gasteiger partial charge < -0.3 is 0 Å². The fraction of sp³-hybridized carbons (Fsp3) is 1.00. The Morgan fingerprint density at radius 1 is 0.591 bits per heavy atom. The van der Waals surface area contributed by atoms with Crippen molar-refractivity contribution in [3.05, 3.63) is 0 Å². The first-order valence-electron chi connectivity index (χ1n) is 10.5. The Morgan fingerprint density at radius 3 is 1.14 bits per heavy atom. The van der Waals surface area contributed by atoms with Gasteiger partial charge in [-0.15, -0.1) is 0 Å². The van der Waals surface area contributed by atoms with E-state index in [0.717, 1.165) is 5.92 Å². The molecule has 0 aromatic rings. The van der Waals surface area contributed by atoms with E-state index in [1.165, 1.54) is 109 Å². The van der Waals surface area contributed by atoms with Gasteiger partial charge in [-0.05, 0) is 5.92 Å². The van der Waals surface area contributed by atoms with E-state index < -0.39 is 0 Å². The van der Waals surface area contributed by atoms with Crippen LogP contribution in [0.15, 0.2) is 0 Å². The van der Waals surface area contributed by atoms with Gasteiger partial charge in [0.2, 0.25) is 0 Å². The molecule has 0 bridgehead atoms. The van der Waals surface area contributed by atoms with Crippen molar-refractivity contribution in [3.63, 3.8) is 0 Å². The topological polar surface area (TPSA) is 0 Å². The number of rotatable bonds is 3. The van der Waals surface area contributed by atoms with Gasteiger partial charge in [-0.2, -0.15) is 0 Å². The average Bonchev–Trinajstić information content (AvgIpc) is 2.51. The fourth-order valence-corrected chi connectivity index (χ4v) is 4.49. The van der Waals surface area contributed by atoms with E-state index >= 15 is 0 Å². The lowest BCUT2D eigenvalue weighted by atomic mass is 9.54. The summed E-state index contributed by atoms with van der Waals surface area (Å²) in [6.45, 7) is 4.67. The van der Waals surface area contributed by atoms with Gasteiger partial charge in [0.25, 0.3) is 0 Å². The maximum Gasteiger partial charge on any atom is 0.0750 e. The Bertz CT molecular complexity index is 228. The molecule has 0 heterocycles. The first-order valence-corrected chi connectivity index (χ1v) is 10.5. The summed E-state index contributed by atoms with van der Waals surface area (Å²) in [6, 6.07) is 0. The summed E-state index contributed by atoms with van der Waals surface area (Å²) in [4.78, 5) is 0. The lowest BCUT2D eigenvalue weighted by Gasteiger charge is -2.38. The van der Waals surface area contributed by atoms with Crippen LogP contribution in [0.25, 0.3) is 0 Å². The molecule has 22 heavy (non-hydrogen) atoms. The first kappa shape index (κ1) is 20.1. The molecule has 0 spiro atoms. The molecule has 2 radical (unpaired) electrons. The van der Waals surface area contributed by atoms with E-state index in [0.29, 0.717) is 0 Å². The van der Waals surface area contributed by atoms with E-state index in [9.17, 15) is 0 Å². The van der Waals surface area contributed by atoms with Crippen molar-refractivity contribution in [2.45, 2.75) is 128 Å². The Balaban J connectivity index is 2.48. The van der Waals surface area contributed by atoms with Crippen LogP contribution < -0.4 is 0 Å². The van der Waals surface area contributed by atoms with Gasteiger partial charge in [-0.25, -0.2) is 0 Å². The van der Waals surface area contributed by atoms with Gasteiger partial charge in [0, 0.05) is 0 Å². The summed E-state index contributed by atoms with van der Waals surface area (Å²) in [5.41, 5.74) is 0. The Morgan fingerprint density at radius 2 is 0.864 bits per heavy atom. The highest BCUT2D eigenvalue weighted by atomic mass is 14.3. The third-order valence-electron chi connectivity index (χ3n) is 6.08. The van der Waals surface area contributed by atoms with Gasteiger partial charge >= 0.3 is 0 Å². The van der Waals surface area contributed by atoms with Crippen LogP contribution in [0, 0.1) is 5.92 Å². The Hall–Kier alpha value is 0.0649. The minimum atomic E-state index is 0.126. The summed E-state index contributed by atoms with van der Waals surface area (Å²) in [6.07, 6.45) is 23.6. The molecule has 1 saturated carbocycles. The van der Waals surface area contributed by atoms with Gasteiger partial charge in [-0.3, -0.25) is 0 Å². The van der Waals surface area contributed by atoms with Crippen molar-refractivity contribution in [1.82, 2.24) is 0 Å². The van der Waals surface area contributed by atoms with E-state index in [1.807, 2.05) is 0 Å².